The molecule has 6 heteroatoms. The predicted molar refractivity (Wildman–Crippen MR) is 79.1 cm³/mol. The van der Waals surface area contributed by atoms with Crippen LogP contribution in [-0.4, -0.2) is 45.3 Å². The summed E-state index contributed by atoms with van der Waals surface area (Å²) in [6.45, 7) is 7.00. The Bertz CT molecular complexity index is 422. The lowest BCUT2D eigenvalue weighted by Gasteiger charge is -2.36. The molecule has 0 bridgehead atoms. The maximum absolute atomic E-state index is 5.85. The van der Waals surface area contributed by atoms with Crippen LogP contribution in [-0.2, 0) is 18.3 Å². The van der Waals surface area contributed by atoms with Gasteiger partial charge in [-0.1, -0.05) is 15.9 Å². The van der Waals surface area contributed by atoms with E-state index in [0.717, 1.165) is 35.1 Å². The second-order valence-electron chi connectivity index (χ2n) is 4.89. The van der Waals surface area contributed by atoms with Crippen LogP contribution < -0.4 is 0 Å². The van der Waals surface area contributed by atoms with Crippen LogP contribution in [0.3, 0.4) is 0 Å². The lowest BCUT2D eigenvalue weighted by atomic mass is 10.2. The highest BCUT2D eigenvalue weighted by molar-refractivity contribution is 9.10. The summed E-state index contributed by atoms with van der Waals surface area (Å²) < 4.78 is 8.93. The Balaban J connectivity index is 2.08. The van der Waals surface area contributed by atoms with Crippen molar-refractivity contribution in [3.05, 3.63) is 15.9 Å². The van der Waals surface area contributed by atoms with E-state index in [4.69, 9.17) is 4.74 Å². The Morgan fingerprint density at radius 2 is 2.17 bits per heavy atom. The summed E-state index contributed by atoms with van der Waals surface area (Å²) in [6.07, 6.45) is 0.566. The summed E-state index contributed by atoms with van der Waals surface area (Å²) in [7, 11) is 2.00. The molecule has 0 aromatic carbocycles. The van der Waals surface area contributed by atoms with E-state index in [1.807, 2.05) is 18.7 Å². The van der Waals surface area contributed by atoms with Crippen LogP contribution in [0, 0.1) is 6.92 Å². The highest BCUT2D eigenvalue weighted by Crippen LogP contribution is 2.23. The van der Waals surface area contributed by atoms with Crippen molar-refractivity contribution in [1.82, 2.24) is 14.7 Å². The van der Waals surface area contributed by atoms with Crippen LogP contribution in [0.15, 0.2) is 4.47 Å². The highest BCUT2D eigenvalue weighted by Gasteiger charge is 2.26. The lowest BCUT2D eigenvalue weighted by molar-refractivity contribution is -0.0683. The average Bonchev–Trinajstić information content (AvgIpc) is 2.55. The number of aromatic nitrogens is 2. The third kappa shape index (κ3) is 3.15. The molecule has 4 nitrogen and oxygen atoms in total. The fourth-order valence-electron chi connectivity index (χ4n) is 2.42. The maximum Gasteiger partial charge on any atom is 0.0802 e. The molecule has 1 aromatic rings. The molecule has 0 spiro atoms. The molecule has 2 unspecified atom stereocenters. The van der Waals surface area contributed by atoms with Crippen molar-refractivity contribution in [2.75, 3.05) is 18.4 Å². The molecule has 0 aliphatic carbocycles. The van der Waals surface area contributed by atoms with Crippen molar-refractivity contribution in [3.63, 3.8) is 0 Å². The smallest absolute Gasteiger partial charge is 0.0802 e. The minimum atomic E-state index is 0.279. The fourth-order valence-corrected chi connectivity index (χ4v) is 3.24. The quantitative estimate of drug-likeness (QED) is 0.754. The molecule has 1 saturated heterocycles. The summed E-state index contributed by atoms with van der Waals surface area (Å²) >= 11 is 7.13. The van der Waals surface area contributed by atoms with E-state index in [-0.39, 0.29) is 12.2 Å². The van der Waals surface area contributed by atoms with Crippen LogP contribution in [0.5, 0.6) is 0 Å². The van der Waals surface area contributed by atoms with Gasteiger partial charge >= 0.3 is 0 Å². The number of ether oxygens (including phenoxy) is 1. The molecule has 1 aliphatic heterocycles. The Hall–Kier alpha value is 0.0900. The highest BCUT2D eigenvalue weighted by atomic mass is 79.9. The summed E-state index contributed by atoms with van der Waals surface area (Å²) in [4.78, 5) is 2.43. The maximum atomic E-state index is 5.85. The standard InChI is InChI=1S/C12H19Br2N3O/c1-8-5-17(6-10(4-13)18-8)7-11-12(14)9(2)15-16(11)3/h8,10H,4-7H2,1-3H3. The fraction of sp³-hybridized carbons (Fsp3) is 0.750. The molecule has 2 atom stereocenters. The van der Waals surface area contributed by atoms with Crippen molar-refractivity contribution in [1.29, 1.82) is 0 Å². The van der Waals surface area contributed by atoms with Gasteiger partial charge in [0.1, 0.15) is 0 Å². The van der Waals surface area contributed by atoms with E-state index in [2.05, 4.69) is 48.8 Å². The zero-order chi connectivity index (χ0) is 13.3. The van der Waals surface area contributed by atoms with Crippen LogP contribution >= 0.6 is 31.9 Å². The summed E-state index contributed by atoms with van der Waals surface area (Å²) in [5.41, 5.74) is 2.28. The zero-order valence-electron chi connectivity index (χ0n) is 11.0. The molecule has 102 valence electrons. The van der Waals surface area contributed by atoms with Crippen molar-refractivity contribution in [2.24, 2.45) is 7.05 Å². The monoisotopic (exact) mass is 379 g/mol. The minimum absolute atomic E-state index is 0.279. The van der Waals surface area contributed by atoms with E-state index < -0.39 is 0 Å². The van der Waals surface area contributed by atoms with Gasteiger partial charge in [-0.2, -0.15) is 5.10 Å². The zero-order valence-corrected chi connectivity index (χ0v) is 14.2. The number of aryl methyl sites for hydroxylation is 2. The van der Waals surface area contributed by atoms with Gasteiger partial charge in [0.2, 0.25) is 0 Å². The lowest BCUT2D eigenvalue weighted by Crippen LogP contribution is -2.46. The van der Waals surface area contributed by atoms with Crippen LogP contribution in [0.2, 0.25) is 0 Å². The van der Waals surface area contributed by atoms with E-state index in [1.54, 1.807) is 0 Å². The Morgan fingerprint density at radius 3 is 2.72 bits per heavy atom. The molecular formula is C12H19Br2N3O. The largest absolute Gasteiger partial charge is 0.372 e. The van der Waals surface area contributed by atoms with Gasteiger partial charge in [-0.15, -0.1) is 0 Å². The van der Waals surface area contributed by atoms with E-state index >= 15 is 0 Å². The molecule has 0 amide bonds. The van der Waals surface area contributed by atoms with Gasteiger partial charge in [0.25, 0.3) is 0 Å². The van der Waals surface area contributed by atoms with E-state index in [0.29, 0.717) is 0 Å². The van der Waals surface area contributed by atoms with Crippen molar-refractivity contribution in [2.45, 2.75) is 32.6 Å². The van der Waals surface area contributed by atoms with Crippen LogP contribution in [0.4, 0.5) is 0 Å². The summed E-state index contributed by atoms with van der Waals surface area (Å²) in [5.74, 6) is 0. The molecule has 1 fully saturated rings. The third-order valence-corrected chi connectivity index (χ3v) is 4.96. The van der Waals surface area contributed by atoms with Crippen LogP contribution in [0.25, 0.3) is 0 Å². The third-order valence-electron chi connectivity index (χ3n) is 3.21. The molecular weight excluding hydrogens is 362 g/mol. The molecule has 1 aliphatic rings. The van der Waals surface area contributed by atoms with Gasteiger partial charge in [-0.3, -0.25) is 9.58 Å². The Morgan fingerprint density at radius 1 is 1.44 bits per heavy atom. The van der Waals surface area contributed by atoms with Crippen molar-refractivity contribution < 1.29 is 4.74 Å². The van der Waals surface area contributed by atoms with Gasteiger partial charge in [0.15, 0.2) is 0 Å². The number of rotatable bonds is 3. The first-order chi connectivity index (χ1) is 8.51. The summed E-state index contributed by atoms with van der Waals surface area (Å²) in [6, 6.07) is 0. The molecule has 1 aromatic heterocycles. The number of hydrogen-bond donors (Lipinski definition) is 0. The van der Waals surface area contributed by atoms with Crippen LogP contribution in [0.1, 0.15) is 18.3 Å². The van der Waals surface area contributed by atoms with Crippen molar-refractivity contribution in [3.8, 4) is 0 Å². The Kier molecular flexibility index (Phi) is 4.86. The molecule has 2 heterocycles. The number of halogens is 2. The number of hydrogen-bond acceptors (Lipinski definition) is 3. The normalized spacial score (nSPS) is 25.6. The van der Waals surface area contributed by atoms with Gasteiger partial charge < -0.3 is 4.74 Å². The van der Waals surface area contributed by atoms with Gasteiger partial charge in [-0.25, -0.2) is 0 Å². The summed E-state index contributed by atoms with van der Waals surface area (Å²) in [5, 5.41) is 5.33. The predicted octanol–water partition coefficient (Wildman–Crippen LogP) is 2.48. The molecule has 0 saturated carbocycles. The topological polar surface area (TPSA) is 30.3 Å². The van der Waals surface area contributed by atoms with Gasteiger partial charge in [-0.05, 0) is 29.8 Å². The molecule has 0 N–H and O–H groups in total. The molecule has 0 radical (unpaired) electrons. The first-order valence-corrected chi connectivity index (χ1v) is 8.04. The van der Waals surface area contributed by atoms with E-state index in [9.17, 15) is 0 Å². The first kappa shape index (κ1) is 14.5. The average molecular weight is 381 g/mol. The number of nitrogens with zero attached hydrogens (tertiary/aromatic N) is 3. The number of alkyl halides is 1. The molecule has 18 heavy (non-hydrogen) atoms. The van der Waals surface area contributed by atoms with Gasteiger partial charge in [0.05, 0.1) is 28.1 Å². The SMILES string of the molecule is Cc1nn(C)c(CN2CC(C)OC(CBr)C2)c1Br. The van der Waals surface area contributed by atoms with Crippen molar-refractivity contribution >= 4 is 31.9 Å². The number of morpholine rings is 1. The second-order valence-corrected chi connectivity index (χ2v) is 6.33. The second kappa shape index (κ2) is 6.03. The Labute approximate surface area is 125 Å². The van der Waals surface area contributed by atoms with Gasteiger partial charge in [0, 0.05) is 32.0 Å². The molecule has 2 rings (SSSR count). The first-order valence-electron chi connectivity index (χ1n) is 6.13. The van der Waals surface area contributed by atoms with E-state index in [1.165, 1.54) is 5.69 Å². The minimum Gasteiger partial charge on any atom is -0.372 e.